The van der Waals surface area contributed by atoms with Crippen molar-refractivity contribution < 1.29 is 4.74 Å². The molecule has 2 unspecified atom stereocenters. The van der Waals surface area contributed by atoms with Crippen LogP contribution in [-0.2, 0) is 4.74 Å². The molecular formula is C11H22N4O. The average Bonchev–Trinajstić information content (AvgIpc) is 2.69. The van der Waals surface area contributed by atoms with E-state index in [0.717, 1.165) is 12.2 Å². The minimum absolute atomic E-state index is 0.104. The predicted molar refractivity (Wildman–Crippen MR) is 63.1 cm³/mol. The molecule has 0 spiro atoms. The second kappa shape index (κ2) is 5.41. The van der Waals surface area contributed by atoms with E-state index in [9.17, 15) is 0 Å². The molecule has 2 N–H and O–H groups in total. The Bertz CT molecular complexity index is 297. The largest absolute Gasteiger partial charge is 0.379 e. The highest BCUT2D eigenvalue weighted by Crippen LogP contribution is 2.17. The van der Waals surface area contributed by atoms with Gasteiger partial charge in [-0.2, -0.15) is 5.10 Å². The highest BCUT2D eigenvalue weighted by molar-refractivity contribution is 4.90. The van der Waals surface area contributed by atoms with E-state index in [2.05, 4.69) is 48.2 Å². The van der Waals surface area contributed by atoms with Crippen molar-refractivity contribution in [2.75, 3.05) is 7.11 Å². The van der Waals surface area contributed by atoms with Gasteiger partial charge in [0.25, 0.3) is 0 Å². The quantitative estimate of drug-likeness (QED) is 0.774. The molecule has 0 aliphatic heterocycles. The Labute approximate surface area is 97.0 Å². The van der Waals surface area contributed by atoms with Crippen LogP contribution in [0.25, 0.3) is 0 Å². The summed E-state index contributed by atoms with van der Waals surface area (Å²) in [4.78, 5) is 4.13. The van der Waals surface area contributed by atoms with Gasteiger partial charge in [-0.05, 0) is 34.1 Å². The molecule has 5 heteroatoms. The zero-order valence-corrected chi connectivity index (χ0v) is 10.7. The van der Waals surface area contributed by atoms with Gasteiger partial charge in [-0.15, -0.1) is 0 Å². The minimum Gasteiger partial charge on any atom is -0.379 e. The molecule has 0 saturated heterocycles. The Morgan fingerprint density at radius 1 is 1.50 bits per heavy atom. The van der Waals surface area contributed by atoms with Gasteiger partial charge in [0, 0.05) is 13.2 Å². The van der Waals surface area contributed by atoms with E-state index < -0.39 is 0 Å². The van der Waals surface area contributed by atoms with Gasteiger partial charge in [0.2, 0.25) is 0 Å². The summed E-state index contributed by atoms with van der Waals surface area (Å²) < 4.78 is 5.40. The van der Waals surface area contributed by atoms with Gasteiger partial charge in [-0.3, -0.25) is 5.10 Å². The lowest BCUT2D eigenvalue weighted by molar-refractivity contribution is 0.00775. The summed E-state index contributed by atoms with van der Waals surface area (Å²) in [5, 5.41) is 10.2. The van der Waals surface area contributed by atoms with E-state index in [1.54, 1.807) is 7.11 Å². The van der Waals surface area contributed by atoms with Crippen LogP contribution in [0.5, 0.6) is 0 Å². The van der Waals surface area contributed by atoms with Crippen molar-refractivity contribution in [2.24, 2.45) is 0 Å². The van der Waals surface area contributed by atoms with Crippen LogP contribution in [0, 0.1) is 0 Å². The number of H-pyrrole nitrogens is 1. The summed E-state index contributed by atoms with van der Waals surface area (Å²) in [5.74, 6) is 0.863. The second-order valence-electron chi connectivity index (χ2n) is 4.83. The minimum atomic E-state index is -0.104. The number of methoxy groups -OCH3 is 1. The third kappa shape index (κ3) is 3.90. The molecule has 0 fully saturated rings. The molecule has 1 rings (SSSR count). The Hall–Kier alpha value is -0.940. The molecule has 1 aromatic heterocycles. The summed E-state index contributed by atoms with van der Waals surface area (Å²) >= 11 is 0. The molecule has 0 amide bonds. The van der Waals surface area contributed by atoms with Crippen LogP contribution < -0.4 is 5.32 Å². The van der Waals surface area contributed by atoms with Gasteiger partial charge < -0.3 is 10.1 Å². The predicted octanol–water partition coefficient (Wildman–Crippen LogP) is 1.66. The van der Waals surface area contributed by atoms with Gasteiger partial charge >= 0.3 is 0 Å². The normalized spacial score (nSPS) is 16.1. The Morgan fingerprint density at radius 2 is 2.19 bits per heavy atom. The maximum absolute atomic E-state index is 5.40. The molecule has 92 valence electrons. The third-order valence-electron chi connectivity index (χ3n) is 2.73. The molecule has 2 atom stereocenters. The monoisotopic (exact) mass is 226 g/mol. The number of rotatable bonds is 6. The van der Waals surface area contributed by atoms with Gasteiger partial charge in [-0.25, -0.2) is 4.98 Å². The summed E-state index contributed by atoms with van der Waals surface area (Å²) in [5.41, 5.74) is -0.104. The number of nitrogens with one attached hydrogen (secondary N) is 2. The summed E-state index contributed by atoms with van der Waals surface area (Å²) in [6.45, 7) is 8.39. The Morgan fingerprint density at radius 3 is 2.69 bits per heavy atom. The molecule has 0 radical (unpaired) electrons. The van der Waals surface area contributed by atoms with Crippen molar-refractivity contribution >= 4 is 0 Å². The number of hydrogen-bond donors (Lipinski definition) is 2. The first-order chi connectivity index (χ1) is 7.44. The molecule has 0 aliphatic rings. The Kier molecular flexibility index (Phi) is 4.44. The molecule has 0 bridgehead atoms. The van der Waals surface area contributed by atoms with Crippen molar-refractivity contribution in [2.45, 2.75) is 51.8 Å². The zero-order valence-electron chi connectivity index (χ0n) is 10.7. The molecule has 0 saturated carbocycles. The van der Waals surface area contributed by atoms with Gasteiger partial charge in [0.05, 0.1) is 11.6 Å². The van der Waals surface area contributed by atoms with Gasteiger partial charge in [0.1, 0.15) is 12.2 Å². The number of aromatic nitrogens is 3. The maximum atomic E-state index is 5.40. The second-order valence-corrected chi connectivity index (χ2v) is 4.83. The van der Waals surface area contributed by atoms with E-state index in [1.165, 1.54) is 6.33 Å². The van der Waals surface area contributed by atoms with Crippen LogP contribution in [0.1, 0.15) is 46.0 Å². The molecule has 0 aliphatic carbocycles. The summed E-state index contributed by atoms with van der Waals surface area (Å²) in [6, 6.07) is 0.528. The number of aromatic amines is 1. The molecule has 5 nitrogen and oxygen atoms in total. The molecule has 16 heavy (non-hydrogen) atoms. The first-order valence-electron chi connectivity index (χ1n) is 5.61. The summed E-state index contributed by atoms with van der Waals surface area (Å²) in [6.07, 6.45) is 2.47. The lowest BCUT2D eigenvalue weighted by atomic mass is 9.99. The molecular weight excluding hydrogens is 204 g/mol. The van der Waals surface area contributed by atoms with Crippen molar-refractivity contribution in [3.63, 3.8) is 0 Å². The fourth-order valence-corrected chi connectivity index (χ4v) is 1.81. The fourth-order valence-electron chi connectivity index (χ4n) is 1.81. The number of hydrogen-bond acceptors (Lipinski definition) is 4. The zero-order chi connectivity index (χ0) is 12.2. The highest BCUT2D eigenvalue weighted by Gasteiger charge is 2.21. The SMILES string of the molecule is COC(C)(C)CC(C)NC(C)c1ncn[nH]1. The van der Waals surface area contributed by atoms with Crippen LogP contribution in [0.2, 0.25) is 0 Å². The number of ether oxygens (including phenoxy) is 1. The van der Waals surface area contributed by atoms with E-state index in [4.69, 9.17) is 4.74 Å². The maximum Gasteiger partial charge on any atom is 0.141 e. The number of nitrogens with zero attached hydrogens (tertiary/aromatic N) is 2. The third-order valence-corrected chi connectivity index (χ3v) is 2.73. The highest BCUT2D eigenvalue weighted by atomic mass is 16.5. The van der Waals surface area contributed by atoms with Crippen LogP contribution in [-0.4, -0.2) is 33.9 Å². The van der Waals surface area contributed by atoms with Crippen LogP contribution in [0.4, 0.5) is 0 Å². The molecule has 1 heterocycles. The molecule has 0 aromatic carbocycles. The van der Waals surface area contributed by atoms with Crippen molar-refractivity contribution in [1.29, 1.82) is 0 Å². The van der Waals surface area contributed by atoms with E-state index >= 15 is 0 Å². The van der Waals surface area contributed by atoms with E-state index in [-0.39, 0.29) is 11.6 Å². The van der Waals surface area contributed by atoms with Crippen molar-refractivity contribution in [3.8, 4) is 0 Å². The van der Waals surface area contributed by atoms with Gasteiger partial charge in [0.15, 0.2) is 0 Å². The van der Waals surface area contributed by atoms with Crippen molar-refractivity contribution in [3.05, 3.63) is 12.2 Å². The van der Waals surface area contributed by atoms with Crippen molar-refractivity contribution in [1.82, 2.24) is 20.5 Å². The van der Waals surface area contributed by atoms with Gasteiger partial charge in [-0.1, -0.05) is 0 Å². The lowest BCUT2D eigenvalue weighted by Gasteiger charge is -2.28. The first-order valence-corrected chi connectivity index (χ1v) is 5.61. The first kappa shape index (κ1) is 13.1. The summed E-state index contributed by atoms with van der Waals surface area (Å²) in [7, 11) is 1.74. The van der Waals surface area contributed by atoms with E-state index in [1.807, 2.05) is 0 Å². The average molecular weight is 226 g/mol. The molecule has 1 aromatic rings. The van der Waals surface area contributed by atoms with Crippen LogP contribution in [0.3, 0.4) is 0 Å². The fraction of sp³-hybridized carbons (Fsp3) is 0.818. The standard InChI is InChI=1S/C11H22N4O/c1-8(6-11(3,4)16-5)14-9(2)10-12-7-13-15-10/h7-9,14H,6H2,1-5H3,(H,12,13,15). The topological polar surface area (TPSA) is 62.8 Å². The Balaban J connectivity index is 2.43. The smallest absolute Gasteiger partial charge is 0.141 e. The lowest BCUT2D eigenvalue weighted by Crippen LogP contribution is -2.37. The van der Waals surface area contributed by atoms with E-state index in [0.29, 0.717) is 6.04 Å². The van der Waals surface area contributed by atoms with Crippen LogP contribution >= 0.6 is 0 Å². The van der Waals surface area contributed by atoms with Crippen LogP contribution in [0.15, 0.2) is 6.33 Å².